The van der Waals surface area contributed by atoms with Crippen molar-refractivity contribution in [1.29, 1.82) is 0 Å². The van der Waals surface area contributed by atoms with Crippen LogP contribution in [0.3, 0.4) is 0 Å². The molecule has 0 saturated heterocycles. The van der Waals surface area contributed by atoms with E-state index in [0.29, 0.717) is 18.7 Å². The van der Waals surface area contributed by atoms with Gasteiger partial charge in [0.05, 0.1) is 7.11 Å². The number of aryl methyl sites for hydroxylation is 1. The number of ether oxygens (including phenoxy) is 3. The molecule has 7 heteroatoms. The molecule has 1 amide bonds. The number of hydrogen-bond acceptors (Lipinski definition) is 6. The Labute approximate surface area is 218 Å². The van der Waals surface area contributed by atoms with E-state index in [9.17, 15) is 9.59 Å². The molecule has 0 radical (unpaired) electrons. The third kappa shape index (κ3) is 6.10. The maximum Gasteiger partial charge on any atom is 0.410 e. The molecule has 1 atom stereocenters. The van der Waals surface area contributed by atoms with E-state index in [0.717, 1.165) is 27.8 Å². The highest BCUT2D eigenvalue weighted by Gasteiger charge is 2.34. The summed E-state index contributed by atoms with van der Waals surface area (Å²) in [5.74, 6) is -0.0109. The number of rotatable bonds is 8. The number of carbonyl (C=O) groups excluding carboxylic acids is 2. The van der Waals surface area contributed by atoms with Crippen molar-refractivity contribution in [3.05, 3.63) is 83.6 Å². The van der Waals surface area contributed by atoms with Gasteiger partial charge < -0.3 is 14.2 Å². The van der Waals surface area contributed by atoms with Crippen LogP contribution < -0.4 is 4.74 Å². The first kappa shape index (κ1) is 26.2. The Morgan fingerprint density at radius 1 is 0.973 bits per heavy atom. The number of benzene rings is 2. The number of fused-ring (bicyclic) bond motifs is 3. The summed E-state index contributed by atoms with van der Waals surface area (Å²) in [7, 11) is 3.14. The third-order valence-corrected chi connectivity index (χ3v) is 6.48. The van der Waals surface area contributed by atoms with E-state index in [1.165, 1.54) is 4.90 Å². The minimum Gasteiger partial charge on any atom is -0.481 e. The van der Waals surface area contributed by atoms with Gasteiger partial charge in [0.2, 0.25) is 5.88 Å². The van der Waals surface area contributed by atoms with Crippen LogP contribution in [0.1, 0.15) is 49.8 Å². The minimum atomic E-state index is -0.808. The fraction of sp³-hybridized carbons (Fsp3) is 0.367. The first-order chi connectivity index (χ1) is 17.7. The number of likely N-dealkylation sites (N-methyl/N-ethyl adjacent to an activating group) is 1. The van der Waals surface area contributed by atoms with Gasteiger partial charge in [-0.15, -0.1) is 0 Å². The first-order valence-electron chi connectivity index (χ1n) is 12.5. The number of hydrogen-bond donors (Lipinski definition) is 0. The Kier molecular flexibility index (Phi) is 7.81. The van der Waals surface area contributed by atoms with Gasteiger partial charge >= 0.3 is 12.1 Å². The molecule has 1 aromatic heterocycles. The fourth-order valence-corrected chi connectivity index (χ4v) is 4.65. The van der Waals surface area contributed by atoms with E-state index >= 15 is 0 Å². The Hall–Kier alpha value is -3.87. The Bertz CT molecular complexity index is 1200. The molecule has 4 rings (SSSR count). The van der Waals surface area contributed by atoms with Crippen LogP contribution in [-0.4, -0.2) is 54.4 Å². The van der Waals surface area contributed by atoms with Gasteiger partial charge in [-0.05, 0) is 61.4 Å². The SMILES string of the molecule is COc1ccc(CCC(C(=O)OC(C)(C)C)N(C)C(=O)OCC2c3ccccc3-c3ccccc32)cn1. The fourth-order valence-electron chi connectivity index (χ4n) is 4.65. The van der Waals surface area contributed by atoms with E-state index in [4.69, 9.17) is 14.2 Å². The number of carbonyl (C=O) groups is 2. The molecule has 1 unspecified atom stereocenters. The van der Waals surface area contributed by atoms with Crippen molar-refractivity contribution >= 4 is 12.1 Å². The maximum atomic E-state index is 13.2. The molecule has 1 aliphatic carbocycles. The molecule has 0 fully saturated rings. The molecule has 3 aromatic rings. The van der Waals surface area contributed by atoms with Crippen LogP contribution in [0.5, 0.6) is 5.88 Å². The van der Waals surface area contributed by atoms with Crippen molar-refractivity contribution in [2.75, 3.05) is 20.8 Å². The highest BCUT2D eigenvalue weighted by molar-refractivity contribution is 5.82. The summed E-state index contributed by atoms with van der Waals surface area (Å²) in [6.07, 6.45) is 2.04. The van der Waals surface area contributed by atoms with E-state index in [-0.39, 0.29) is 12.5 Å². The van der Waals surface area contributed by atoms with Gasteiger partial charge in [0.1, 0.15) is 18.2 Å². The average Bonchev–Trinajstić information content (AvgIpc) is 3.20. The summed E-state index contributed by atoms with van der Waals surface area (Å²) in [5.41, 5.74) is 4.83. The van der Waals surface area contributed by atoms with Crippen LogP contribution in [0.25, 0.3) is 11.1 Å². The van der Waals surface area contributed by atoms with Crippen molar-refractivity contribution < 1.29 is 23.8 Å². The van der Waals surface area contributed by atoms with Crippen LogP contribution in [0.15, 0.2) is 66.9 Å². The molecule has 0 bridgehead atoms. The van der Waals surface area contributed by atoms with Gasteiger partial charge in [-0.3, -0.25) is 4.90 Å². The van der Waals surface area contributed by atoms with Crippen molar-refractivity contribution in [2.24, 2.45) is 0 Å². The lowest BCUT2D eigenvalue weighted by atomic mass is 9.98. The number of nitrogens with zero attached hydrogens (tertiary/aromatic N) is 2. The highest BCUT2D eigenvalue weighted by atomic mass is 16.6. The molecule has 2 aromatic carbocycles. The maximum absolute atomic E-state index is 13.2. The summed E-state index contributed by atoms with van der Waals surface area (Å²) in [6.45, 7) is 5.61. The smallest absolute Gasteiger partial charge is 0.410 e. The lowest BCUT2D eigenvalue weighted by molar-refractivity contribution is -0.160. The molecule has 37 heavy (non-hydrogen) atoms. The molecular weight excluding hydrogens is 468 g/mol. The molecule has 1 aliphatic rings. The predicted molar refractivity (Wildman–Crippen MR) is 142 cm³/mol. The van der Waals surface area contributed by atoms with Gasteiger partial charge in [-0.1, -0.05) is 54.6 Å². The molecule has 0 N–H and O–H groups in total. The molecule has 194 valence electrons. The topological polar surface area (TPSA) is 78.0 Å². The highest BCUT2D eigenvalue weighted by Crippen LogP contribution is 2.44. The number of amides is 1. The van der Waals surface area contributed by atoms with E-state index in [1.807, 2.05) is 51.1 Å². The summed E-state index contributed by atoms with van der Waals surface area (Å²) >= 11 is 0. The van der Waals surface area contributed by atoms with Gasteiger partial charge in [-0.2, -0.15) is 0 Å². The second kappa shape index (κ2) is 11.0. The van der Waals surface area contributed by atoms with E-state index in [2.05, 4.69) is 29.2 Å². The first-order valence-corrected chi connectivity index (χ1v) is 12.5. The van der Waals surface area contributed by atoms with Crippen LogP contribution in [0, 0.1) is 0 Å². The number of pyridine rings is 1. The largest absolute Gasteiger partial charge is 0.481 e. The zero-order chi connectivity index (χ0) is 26.6. The van der Waals surface area contributed by atoms with Crippen LogP contribution in [-0.2, 0) is 20.7 Å². The van der Waals surface area contributed by atoms with Gasteiger partial charge in [0, 0.05) is 25.2 Å². The summed E-state index contributed by atoms with van der Waals surface area (Å²) in [6, 6.07) is 19.2. The Balaban J connectivity index is 1.47. The van der Waals surface area contributed by atoms with Crippen LogP contribution in [0.2, 0.25) is 0 Å². The standard InChI is InChI=1S/C30H34N2O5/c1-30(2,3)37-28(33)26(16-14-20-15-17-27(35-5)31-18-20)32(4)29(34)36-19-25-23-12-8-6-10-21(23)22-11-7-9-13-24(22)25/h6-13,15,17-18,25-26H,14,16,19H2,1-5H3. The van der Waals surface area contributed by atoms with Crippen LogP contribution in [0.4, 0.5) is 4.79 Å². The molecule has 1 heterocycles. The summed E-state index contributed by atoms with van der Waals surface area (Å²) in [4.78, 5) is 31.9. The molecule has 0 spiro atoms. The predicted octanol–water partition coefficient (Wildman–Crippen LogP) is 5.61. The average molecular weight is 503 g/mol. The monoisotopic (exact) mass is 502 g/mol. The molecular formula is C30H34N2O5. The van der Waals surface area contributed by atoms with Crippen LogP contribution >= 0.6 is 0 Å². The molecule has 0 aliphatic heterocycles. The van der Waals surface area contributed by atoms with Gasteiger partial charge in [0.25, 0.3) is 0 Å². The quantitative estimate of drug-likeness (QED) is 0.373. The summed E-state index contributed by atoms with van der Waals surface area (Å²) < 4.78 is 16.6. The van der Waals surface area contributed by atoms with Gasteiger partial charge in [-0.25, -0.2) is 14.6 Å². The Morgan fingerprint density at radius 3 is 2.14 bits per heavy atom. The van der Waals surface area contributed by atoms with Crippen molar-refractivity contribution in [3.63, 3.8) is 0 Å². The lowest BCUT2D eigenvalue weighted by Crippen LogP contribution is -2.46. The number of aromatic nitrogens is 1. The van der Waals surface area contributed by atoms with Crippen molar-refractivity contribution in [1.82, 2.24) is 9.88 Å². The molecule has 0 saturated carbocycles. The second-order valence-electron chi connectivity index (χ2n) is 10.2. The normalized spacial score (nSPS) is 13.3. The van der Waals surface area contributed by atoms with E-state index in [1.54, 1.807) is 26.4 Å². The second-order valence-corrected chi connectivity index (χ2v) is 10.2. The molecule has 7 nitrogen and oxygen atoms in total. The summed E-state index contributed by atoms with van der Waals surface area (Å²) in [5, 5.41) is 0. The zero-order valence-electron chi connectivity index (χ0n) is 22.1. The van der Waals surface area contributed by atoms with Crippen molar-refractivity contribution in [3.8, 4) is 17.0 Å². The minimum absolute atomic E-state index is 0.0601. The third-order valence-electron chi connectivity index (χ3n) is 6.48. The number of methoxy groups -OCH3 is 1. The lowest BCUT2D eigenvalue weighted by Gasteiger charge is -2.30. The van der Waals surface area contributed by atoms with Crippen molar-refractivity contribution in [2.45, 2.75) is 51.2 Å². The van der Waals surface area contributed by atoms with E-state index < -0.39 is 23.7 Å². The Morgan fingerprint density at radius 2 is 1.59 bits per heavy atom. The zero-order valence-corrected chi connectivity index (χ0v) is 22.1. The van der Waals surface area contributed by atoms with Gasteiger partial charge in [0.15, 0.2) is 0 Å². The number of esters is 1.